The molecule has 0 aliphatic rings. The largest absolute Gasteiger partial charge is 0.497 e. The first-order valence-electron chi connectivity index (χ1n) is 12.0. The number of carbonyl (C=O) groups is 2. The maximum Gasteiger partial charge on any atom is 0.242 e. The van der Waals surface area contributed by atoms with Gasteiger partial charge in [0.2, 0.25) is 11.8 Å². The van der Waals surface area contributed by atoms with E-state index in [0.29, 0.717) is 39.0 Å². The quantitative estimate of drug-likeness (QED) is 0.386. The van der Waals surface area contributed by atoms with E-state index in [-0.39, 0.29) is 11.8 Å². The molecule has 1 N–H and O–H groups in total. The average molecular weight is 471 g/mol. The van der Waals surface area contributed by atoms with Crippen molar-refractivity contribution in [2.24, 2.45) is 0 Å². The highest BCUT2D eigenvalue weighted by Crippen LogP contribution is 2.20. The molecule has 2 rings (SSSR count). The summed E-state index contributed by atoms with van der Waals surface area (Å²) in [4.78, 5) is 27.9. The molecule has 0 aliphatic carbocycles. The second-order valence-electron chi connectivity index (χ2n) is 8.07. The Morgan fingerprint density at radius 1 is 0.941 bits per heavy atom. The summed E-state index contributed by atoms with van der Waals surface area (Å²) in [7, 11) is 3.23. The smallest absolute Gasteiger partial charge is 0.242 e. The molecule has 7 heteroatoms. The van der Waals surface area contributed by atoms with E-state index < -0.39 is 6.04 Å². The van der Waals surface area contributed by atoms with Crippen LogP contribution in [0.5, 0.6) is 17.2 Å². The van der Waals surface area contributed by atoms with E-state index in [4.69, 9.17) is 14.2 Å². The second-order valence-corrected chi connectivity index (χ2v) is 8.07. The van der Waals surface area contributed by atoms with Gasteiger partial charge in [0.15, 0.2) is 0 Å². The number of rotatable bonds is 15. The molecule has 0 aromatic heterocycles. The third-order valence-corrected chi connectivity index (χ3v) is 5.57. The first kappa shape index (κ1) is 27.0. The highest BCUT2D eigenvalue weighted by atomic mass is 16.5. The monoisotopic (exact) mass is 470 g/mol. The van der Waals surface area contributed by atoms with Crippen LogP contribution in [-0.2, 0) is 16.1 Å². The fourth-order valence-electron chi connectivity index (χ4n) is 3.62. The van der Waals surface area contributed by atoms with Crippen LogP contribution in [0.25, 0.3) is 0 Å². The lowest BCUT2D eigenvalue weighted by Crippen LogP contribution is -2.49. The SMILES string of the molecule is CCCCNC(=O)C(CC)N(Cc1cccc(OC)c1)C(=O)CCCOc1ccc(OC)cc1. The molecule has 0 bridgehead atoms. The van der Waals surface area contributed by atoms with Crippen molar-refractivity contribution in [2.75, 3.05) is 27.4 Å². The van der Waals surface area contributed by atoms with Gasteiger partial charge in [-0.2, -0.15) is 0 Å². The van der Waals surface area contributed by atoms with Gasteiger partial charge in [0.25, 0.3) is 0 Å². The number of benzene rings is 2. The molecule has 186 valence electrons. The molecule has 0 saturated carbocycles. The Morgan fingerprint density at radius 2 is 1.65 bits per heavy atom. The standard InChI is InChI=1S/C27H38N2O5/c1-5-7-17-28-27(31)25(6-2)29(20-21-10-8-11-24(19-21)33-4)26(30)12-9-18-34-23-15-13-22(32-3)14-16-23/h8,10-11,13-16,19,25H,5-7,9,12,17-18,20H2,1-4H3,(H,28,31). The molecule has 0 aliphatic heterocycles. The molecule has 7 nitrogen and oxygen atoms in total. The summed E-state index contributed by atoms with van der Waals surface area (Å²) in [5.74, 6) is 2.03. The molecular weight excluding hydrogens is 432 g/mol. The zero-order valence-corrected chi connectivity index (χ0v) is 20.8. The third-order valence-electron chi connectivity index (χ3n) is 5.57. The number of ether oxygens (including phenoxy) is 3. The second kappa shape index (κ2) is 14.8. The molecule has 1 unspecified atom stereocenters. The number of hydrogen-bond donors (Lipinski definition) is 1. The first-order valence-corrected chi connectivity index (χ1v) is 12.0. The van der Waals surface area contributed by atoms with Crippen molar-refractivity contribution in [3.05, 3.63) is 54.1 Å². The Kier molecular flexibility index (Phi) is 11.8. The molecule has 0 heterocycles. The summed E-state index contributed by atoms with van der Waals surface area (Å²) < 4.78 is 16.2. The first-order chi connectivity index (χ1) is 16.5. The fraction of sp³-hybridized carbons (Fsp3) is 0.481. The van der Waals surface area contributed by atoms with Crippen LogP contribution in [0, 0.1) is 0 Å². The van der Waals surface area contributed by atoms with Crippen molar-refractivity contribution >= 4 is 11.8 Å². The van der Waals surface area contributed by atoms with Gasteiger partial charge in [0.1, 0.15) is 23.3 Å². The summed E-state index contributed by atoms with van der Waals surface area (Å²) in [5.41, 5.74) is 0.919. The molecule has 1 atom stereocenters. The van der Waals surface area contributed by atoms with E-state index in [2.05, 4.69) is 12.2 Å². The van der Waals surface area contributed by atoms with Crippen molar-refractivity contribution in [3.8, 4) is 17.2 Å². The number of unbranched alkanes of at least 4 members (excludes halogenated alkanes) is 1. The van der Waals surface area contributed by atoms with Crippen LogP contribution in [0.1, 0.15) is 51.5 Å². The zero-order chi connectivity index (χ0) is 24.8. The highest BCUT2D eigenvalue weighted by Gasteiger charge is 2.28. The van der Waals surface area contributed by atoms with Gasteiger partial charge in [-0.15, -0.1) is 0 Å². The van der Waals surface area contributed by atoms with Gasteiger partial charge in [0.05, 0.1) is 20.8 Å². The minimum absolute atomic E-state index is 0.0707. The number of methoxy groups -OCH3 is 2. The van der Waals surface area contributed by atoms with Crippen LogP contribution in [0.2, 0.25) is 0 Å². The molecule has 2 aromatic carbocycles. The Balaban J connectivity index is 2.04. The van der Waals surface area contributed by atoms with E-state index in [0.717, 1.165) is 35.7 Å². The summed E-state index contributed by atoms with van der Waals surface area (Å²) in [6.07, 6.45) is 3.29. The molecule has 0 saturated heterocycles. The lowest BCUT2D eigenvalue weighted by molar-refractivity contribution is -0.141. The van der Waals surface area contributed by atoms with Gasteiger partial charge >= 0.3 is 0 Å². The van der Waals surface area contributed by atoms with Crippen molar-refractivity contribution < 1.29 is 23.8 Å². The van der Waals surface area contributed by atoms with Gasteiger partial charge in [0, 0.05) is 19.5 Å². The van der Waals surface area contributed by atoms with Gasteiger partial charge in [-0.05, 0) is 61.2 Å². The van der Waals surface area contributed by atoms with Crippen molar-refractivity contribution in [3.63, 3.8) is 0 Å². The average Bonchev–Trinajstić information content (AvgIpc) is 2.87. The van der Waals surface area contributed by atoms with Crippen LogP contribution in [-0.4, -0.2) is 50.1 Å². The van der Waals surface area contributed by atoms with Crippen molar-refractivity contribution in [1.29, 1.82) is 0 Å². The highest BCUT2D eigenvalue weighted by molar-refractivity contribution is 5.87. The summed E-state index contributed by atoms with van der Waals surface area (Å²) in [6, 6.07) is 14.4. The van der Waals surface area contributed by atoms with Crippen LogP contribution in [0.15, 0.2) is 48.5 Å². The van der Waals surface area contributed by atoms with Gasteiger partial charge in [-0.1, -0.05) is 32.4 Å². The third kappa shape index (κ3) is 8.61. The van der Waals surface area contributed by atoms with E-state index in [1.54, 1.807) is 19.1 Å². The summed E-state index contributed by atoms with van der Waals surface area (Å²) in [6.45, 7) is 5.38. The predicted octanol–water partition coefficient (Wildman–Crippen LogP) is 4.59. The summed E-state index contributed by atoms with van der Waals surface area (Å²) in [5, 5.41) is 2.98. The normalized spacial score (nSPS) is 11.4. The topological polar surface area (TPSA) is 77.1 Å². The van der Waals surface area contributed by atoms with Crippen LogP contribution in [0.3, 0.4) is 0 Å². The minimum atomic E-state index is -0.530. The maximum atomic E-state index is 13.3. The van der Waals surface area contributed by atoms with Crippen LogP contribution in [0.4, 0.5) is 0 Å². The fourth-order valence-corrected chi connectivity index (χ4v) is 3.62. The zero-order valence-electron chi connectivity index (χ0n) is 20.8. The van der Waals surface area contributed by atoms with Gasteiger partial charge in [-0.3, -0.25) is 9.59 Å². The number of nitrogens with one attached hydrogen (secondary N) is 1. The molecular formula is C27H38N2O5. The predicted molar refractivity (Wildman–Crippen MR) is 133 cm³/mol. The number of amides is 2. The molecule has 0 fully saturated rings. The lowest BCUT2D eigenvalue weighted by atomic mass is 10.1. The Bertz CT molecular complexity index is 885. The minimum Gasteiger partial charge on any atom is -0.497 e. The Morgan fingerprint density at radius 3 is 2.29 bits per heavy atom. The summed E-state index contributed by atoms with van der Waals surface area (Å²) >= 11 is 0. The van der Waals surface area contributed by atoms with Crippen molar-refractivity contribution in [2.45, 2.75) is 58.5 Å². The van der Waals surface area contributed by atoms with E-state index >= 15 is 0 Å². The van der Waals surface area contributed by atoms with Crippen molar-refractivity contribution in [1.82, 2.24) is 10.2 Å². The van der Waals surface area contributed by atoms with Crippen LogP contribution >= 0.6 is 0 Å². The Labute approximate surface area is 203 Å². The maximum absolute atomic E-state index is 13.3. The number of carbonyl (C=O) groups excluding carboxylic acids is 2. The Hall–Kier alpha value is -3.22. The number of hydrogen-bond acceptors (Lipinski definition) is 5. The van der Waals surface area contributed by atoms with Gasteiger partial charge in [-0.25, -0.2) is 0 Å². The number of nitrogens with zero attached hydrogens (tertiary/aromatic N) is 1. The molecule has 2 amide bonds. The van der Waals surface area contributed by atoms with E-state index in [1.807, 2.05) is 55.5 Å². The molecule has 2 aromatic rings. The van der Waals surface area contributed by atoms with Crippen LogP contribution < -0.4 is 19.5 Å². The molecule has 0 radical (unpaired) electrons. The molecule has 0 spiro atoms. The lowest BCUT2D eigenvalue weighted by Gasteiger charge is -2.31. The van der Waals surface area contributed by atoms with E-state index in [1.165, 1.54) is 0 Å². The van der Waals surface area contributed by atoms with E-state index in [9.17, 15) is 9.59 Å². The van der Waals surface area contributed by atoms with Gasteiger partial charge < -0.3 is 24.4 Å². The molecule has 34 heavy (non-hydrogen) atoms.